The fourth-order valence-corrected chi connectivity index (χ4v) is 1.88. The molecular formula is C18H31N. The molecule has 1 heteroatoms. The normalized spacial score (nSPS) is 9.16. The zero-order valence-corrected chi connectivity index (χ0v) is 13.0. The second-order valence-electron chi connectivity index (χ2n) is 5.06. The lowest BCUT2D eigenvalue weighted by Crippen LogP contribution is -1.93. The minimum Gasteiger partial charge on any atom is -0.274 e. The zero-order chi connectivity index (χ0) is 14.0. The highest BCUT2D eigenvalue weighted by atomic mass is 14.8. The summed E-state index contributed by atoms with van der Waals surface area (Å²) in [5.41, 5.74) is 0. The number of unbranched alkanes of at least 4 members (excludes halogenated alkanes) is 10. The van der Waals surface area contributed by atoms with Crippen molar-refractivity contribution in [3.63, 3.8) is 0 Å². The van der Waals surface area contributed by atoms with E-state index in [-0.39, 0.29) is 0 Å². The van der Waals surface area contributed by atoms with Gasteiger partial charge in [0.25, 0.3) is 0 Å². The number of rotatable bonds is 10. The molecule has 0 aliphatic heterocycles. The fraction of sp³-hybridized carbons (Fsp3) is 0.778. The van der Waals surface area contributed by atoms with E-state index >= 15 is 0 Å². The molecule has 1 N–H and O–H groups in total. The summed E-state index contributed by atoms with van der Waals surface area (Å²) in [6.07, 6.45) is 15.1. The SMILES string of the molecule is CCCCCCCC#CNC#CCCCCCCC. The maximum atomic E-state index is 3.12. The van der Waals surface area contributed by atoms with Gasteiger partial charge in [0.15, 0.2) is 0 Å². The van der Waals surface area contributed by atoms with Crippen LogP contribution in [-0.4, -0.2) is 0 Å². The van der Waals surface area contributed by atoms with Crippen LogP contribution in [-0.2, 0) is 0 Å². The molecule has 108 valence electrons. The van der Waals surface area contributed by atoms with E-state index in [1.807, 2.05) is 0 Å². The van der Waals surface area contributed by atoms with Gasteiger partial charge in [-0.15, -0.1) is 0 Å². The molecule has 0 aliphatic rings. The van der Waals surface area contributed by atoms with Crippen LogP contribution >= 0.6 is 0 Å². The van der Waals surface area contributed by atoms with Crippen molar-refractivity contribution in [1.29, 1.82) is 0 Å². The third-order valence-electron chi connectivity index (χ3n) is 3.11. The Kier molecular flexibility index (Phi) is 16.0. The number of hydrogen-bond donors (Lipinski definition) is 1. The van der Waals surface area contributed by atoms with Gasteiger partial charge in [-0.1, -0.05) is 77.1 Å². The largest absolute Gasteiger partial charge is 0.274 e. The van der Waals surface area contributed by atoms with E-state index in [9.17, 15) is 0 Å². The Balaban J connectivity index is 3.24. The second kappa shape index (κ2) is 16.9. The van der Waals surface area contributed by atoms with Crippen LogP contribution in [0.1, 0.15) is 90.9 Å². The van der Waals surface area contributed by atoms with Crippen molar-refractivity contribution in [2.45, 2.75) is 90.9 Å². The van der Waals surface area contributed by atoms with E-state index in [2.05, 4.69) is 43.1 Å². The maximum Gasteiger partial charge on any atom is 0.0171 e. The van der Waals surface area contributed by atoms with Crippen LogP contribution in [0.15, 0.2) is 0 Å². The first kappa shape index (κ1) is 17.9. The minimum atomic E-state index is 0.995. The van der Waals surface area contributed by atoms with E-state index in [0.29, 0.717) is 0 Å². The lowest BCUT2D eigenvalue weighted by atomic mass is 10.1. The first-order valence-electron chi connectivity index (χ1n) is 8.12. The lowest BCUT2D eigenvalue weighted by Gasteiger charge is -1.94. The van der Waals surface area contributed by atoms with Crippen molar-refractivity contribution >= 4 is 0 Å². The van der Waals surface area contributed by atoms with E-state index in [4.69, 9.17) is 0 Å². The summed E-state index contributed by atoms with van der Waals surface area (Å²) in [5, 5.41) is 2.87. The molecule has 0 bridgehead atoms. The average molecular weight is 261 g/mol. The molecule has 0 aromatic heterocycles. The van der Waals surface area contributed by atoms with E-state index in [1.54, 1.807) is 0 Å². The predicted octanol–water partition coefficient (Wildman–Crippen LogP) is 5.22. The molecule has 0 saturated carbocycles. The van der Waals surface area contributed by atoms with Gasteiger partial charge in [0.05, 0.1) is 0 Å². The monoisotopic (exact) mass is 261 g/mol. The van der Waals surface area contributed by atoms with Crippen LogP contribution in [0.25, 0.3) is 0 Å². The molecule has 0 spiro atoms. The topological polar surface area (TPSA) is 12.0 Å². The highest BCUT2D eigenvalue weighted by molar-refractivity contribution is 5.07. The lowest BCUT2D eigenvalue weighted by molar-refractivity contribution is 0.640. The molecule has 0 atom stereocenters. The Morgan fingerprint density at radius 3 is 1.42 bits per heavy atom. The van der Waals surface area contributed by atoms with Crippen molar-refractivity contribution in [2.24, 2.45) is 0 Å². The summed E-state index contributed by atoms with van der Waals surface area (Å²) >= 11 is 0. The van der Waals surface area contributed by atoms with E-state index in [0.717, 1.165) is 12.8 Å². The zero-order valence-electron chi connectivity index (χ0n) is 13.0. The van der Waals surface area contributed by atoms with Crippen LogP contribution in [0.5, 0.6) is 0 Å². The van der Waals surface area contributed by atoms with Gasteiger partial charge in [0.1, 0.15) is 0 Å². The van der Waals surface area contributed by atoms with E-state index < -0.39 is 0 Å². The van der Waals surface area contributed by atoms with Crippen LogP contribution < -0.4 is 5.32 Å². The van der Waals surface area contributed by atoms with Gasteiger partial charge < -0.3 is 0 Å². The Labute approximate surface area is 120 Å². The highest BCUT2D eigenvalue weighted by Crippen LogP contribution is 2.04. The Bertz CT molecular complexity index is 254. The summed E-state index contributed by atoms with van der Waals surface area (Å²) in [6.45, 7) is 4.48. The molecule has 0 amide bonds. The third-order valence-corrected chi connectivity index (χ3v) is 3.11. The van der Waals surface area contributed by atoms with Gasteiger partial charge >= 0.3 is 0 Å². The molecule has 0 fully saturated rings. The second-order valence-corrected chi connectivity index (χ2v) is 5.06. The first-order valence-corrected chi connectivity index (χ1v) is 8.12. The molecule has 0 saturated heterocycles. The molecule has 0 aliphatic carbocycles. The molecule has 19 heavy (non-hydrogen) atoms. The fourth-order valence-electron chi connectivity index (χ4n) is 1.88. The first-order chi connectivity index (χ1) is 9.41. The standard InChI is InChI=1S/C18H31N/c1-3-5-7-9-11-13-15-17-19-18-16-14-12-10-8-6-4-2/h19H,3-14H2,1-2H3. The summed E-state index contributed by atoms with van der Waals surface area (Å²) in [4.78, 5) is 0. The van der Waals surface area contributed by atoms with Crippen molar-refractivity contribution in [2.75, 3.05) is 0 Å². The molecule has 0 radical (unpaired) electrons. The summed E-state index contributed by atoms with van der Waals surface area (Å²) < 4.78 is 0. The maximum absolute atomic E-state index is 3.12. The van der Waals surface area contributed by atoms with Crippen molar-refractivity contribution < 1.29 is 0 Å². The van der Waals surface area contributed by atoms with Gasteiger partial charge in [-0.2, -0.15) is 0 Å². The quantitative estimate of drug-likeness (QED) is 0.323. The number of hydrogen-bond acceptors (Lipinski definition) is 1. The predicted molar refractivity (Wildman–Crippen MR) is 85.4 cm³/mol. The number of nitrogens with one attached hydrogen (secondary N) is 1. The highest BCUT2D eigenvalue weighted by Gasteiger charge is 1.86. The van der Waals surface area contributed by atoms with Gasteiger partial charge in [-0.3, -0.25) is 5.32 Å². The molecule has 0 heterocycles. The van der Waals surface area contributed by atoms with Crippen LogP contribution in [0, 0.1) is 23.9 Å². The van der Waals surface area contributed by atoms with E-state index in [1.165, 1.54) is 64.2 Å². The van der Waals surface area contributed by atoms with Gasteiger partial charge in [-0.05, 0) is 12.8 Å². The molecule has 1 nitrogen and oxygen atoms in total. The molecule has 0 unspecified atom stereocenters. The summed E-state index contributed by atoms with van der Waals surface area (Å²) in [6, 6.07) is 5.83. The van der Waals surface area contributed by atoms with Crippen LogP contribution in [0.3, 0.4) is 0 Å². The van der Waals surface area contributed by atoms with Gasteiger partial charge in [-0.25, -0.2) is 0 Å². The van der Waals surface area contributed by atoms with Crippen LogP contribution in [0.4, 0.5) is 0 Å². The van der Waals surface area contributed by atoms with Gasteiger partial charge in [0, 0.05) is 24.9 Å². The Morgan fingerprint density at radius 2 is 1.00 bits per heavy atom. The van der Waals surface area contributed by atoms with Crippen LogP contribution in [0.2, 0.25) is 0 Å². The molecule has 0 aromatic carbocycles. The molecule has 0 rings (SSSR count). The minimum absolute atomic E-state index is 0.995. The smallest absolute Gasteiger partial charge is 0.0171 e. The summed E-state index contributed by atoms with van der Waals surface area (Å²) in [7, 11) is 0. The third kappa shape index (κ3) is 16.9. The Morgan fingerprint density at radius 1 is 0.579 bits per heavy atom. The van der Waals surface area contributed by atoms with Crippen molar-refractivity contribution in [1.82, 2.24) is 5.32 Å². The Hall–Kier alpha value is -1.08. The van der Waals surface area contributed by atoms with Crippen molar-refractivity contribution in [3.05, 3.63) is 0 Å². The average Bonchev–Trinajstić information content (AvgIpc) is 2.43. The molecule has 0 aromatic rings. The summed E-state index contributed by atoms with van der Waals surface area (Å²) in [5.74, 6) is 6.24. The van der Waals surface area contributed by atoms with Gasteiger partial charge in [0.2, 0.25) is 0 Å². The van der Waals surface area contributed by atoms with Crippen molar-refractivity contribution in [3.8, 4) is 23.9 Å². The molecular weight excluding hydrogens is 230 g/mol.